The molecule has 1 unspecified atom stereocenters. The van der Waals surface area contributed by atoms with Gasteiger partial charge in [-0.1, -0.05) is 0 Å². The predicted octanol–water partition coefficient (Wildman–Crippen LogP) is 1.85. The van der Waals surface area contributed by atoms with E-state index in [2.05, 4.69) is 4.90 Å². The number of sulfonamides is 1. The van der Waals surface area contributed by atoms with Crippen molar-refractivity contribution >= 4 is 33.0 Å². The van der Waals surface area contributed by atoms with Crippen LogP contribution in [0.3, 0.4) is 0 Å². The lowest BCUT2D eigenvalue weighted by molar-refractivity contribution is 0.170. The predicted molar refractivity (Wildman–Crippen MR) is 79.6 cm³/mol. The van der Waals surface area contributed by atoms with E-state index in [-0.39, 0.29) is 6.04 Å². The number of hydrogen-bond donors (Lipinski definition) is 0. The summed E-state index contributed by atoms with van der Waals surface area (Å²) in [6.07, 6.45) is 0.722. The highest BCUT2D eigenvalue weighted by Gasteiger charge is 2.33. The van der Waals surface area contributed by atoms with Crippen molar-refractivity contribution < 1.29 is 8.42 Å². The van der Waals surface area contributed by atoms with Crippen LogP contribution in [0.5, 0.6) is 0 Å². The molecule has 0 saturated carbocycles. The molecule has 2 heterocycles. The van der Waals surface area contributed by atoms with Gasteiger partial charge in [0.15, 0.2) is 0 Å². The fraction of sp³-hybridized carbons (Fsp3) is 0.667. The van der Waals surface area contributed by atoms with Crippen LogP contribution in [-0.4, -0.2) is 56.2 Å². The van der Waals surface area contributed by atoms with Gasteiger partial charge in [-0.3, -0.25) is 0 Å². The van der Waals surface area contributed by atoms with Crippen molar-refractivity contribution in [2.75, 3.05) is 32.6 Å². The number of piperazine rings is 1. The van der Waals surface area contributed by atoms with Crippen LogP contribution >= 0.6 is 22.9 Å². The lowest BCUT2D eigenvalue weighted by atomic mass is 10.2. The number of alkyl halides is 1. The van der Waals surface area contributed by atoms with Crippen molar-refractivity contribution in [3.05, 3.63) is 17.0 Å². The van der Waals surface area contributed by atoms with E-state index in [0.29, 0.717) is 16.6 Å². The standard InChI is InChI=1S/C12H19ClN2O2S2/c1-10-9-14(2)7-8-15(10)19(16,17)12-4-3-11(18-12)5-6-13/h3-4,10H,5-9H2,1-2H3. The SMILES string of the molecule is CC1CN(C)CCN1S(=O)(=O)c1ccc(CCCl)s1. The maximum atomic E-state index is 12.6. The Kier molecular flexibility index (Phi) is 4.89. The molecule has 19 heavy (non-hydrogen) atoms. The Bertz CT molecular complexity index is 530. The fourth-order valence-corrected chi connectivity index (χ4v) is 5.73. The van der Waals surface area contributed by atoms with Gasteiger partial charge in [-0.15, -0.1) is 22.9 Å². The van der Waals surface area contributed by atoms with Crippen LogP contribution in [0, 0.1) is 0 Å². The normalized spacial score (nSPS) is 22.8. The molecule has 1 atom stereocenters. The Morgan fingerprint density at radius 3 is 2.79 bits per heavy atom. The number of likely N-dealkylation sites (N-methyl/N-ethyl adjacent to an activating group) is 1. The summed E-state index contributed by atoms with van der Waals surface area (Å²) >= 11 is 7.02. The highest BCUT2D eigenvalue weighted by atomic mass is 35.5. The molecule has 1 saturated heterocycles. The number of hydrogen-bond acceptors (Lipinski definition) is 4. The third-order valence-corrected chi connectivity index (χ3v) is 7.13. The lowest BCUT2D eigenvalue weighted by Crippen LogP contribution is -2.52. The summed E-state index contributed by atoms with van der Waals surface area (Å²) in [4.78, 5) is 3.18. The smallest absolute Gasteiger partial charge is 0.252 e. The van der Waals surface area contributed by atoms with E-state index in [0.717, 1.165) is 24.4 Å². The van der Waals surface area contributed by atoms with E-state index < -0.39 is 10.0 Å². The van der Waals surface area contributed by atoms with E-state index in [1.807, 2.05) is 20.0 Å². The van der Waals surface area contributed by atoms with Crippen molar-refractivity contribution in [2.45, 2.75) is 23.6 Å². The summed E-state index contributed by atoms with van der Waals surface area (Å²) in [5.41, 5.74) is 0. The van der Waals surface area contributed by atoms with E-state index in [1.165, 1.54) is 11.3 Å². The van der Waals surface area contributed by atoms with Crippen LogP contribution in [0.25, 0.3) is 0 Å². The van der Waals surface area contributed by atoms with E-state index in [4.69, 9.17) is 11.6 Å². The van der Waals surface area contributed by atoms with Gasteiger partial charge in [-0.2, -0.15) is 4.31 Å². The number of nitrogens with zero attached hydrogens (tertiary/aromatic N) is 2. The molecule has 1 fully saturated rings. The largest absolute Gasteiger partial charge is 0.303 e. The van der Waals surface area contributed by atoms with Crippen molar-refractivity contribution in [3.8, 4) is 0 Å². The Labute approximate surface area is 124 Å². The third kappa shape index (κ3) is 3.31. The molecule has 1 aliphatic heterocycles. The zero-order valence-electron chi connectivity index (χ0n) is 11.2. The number of rotatable bonds is 4. The van der Waals surface area contributed by atoms with Gasteiger partial charge in [0.1, 0.15) is 4.21 Å². The van der Waals surface area contributed by atoms with Crippen LogP contribution in [0.15, 0.2) is 16.3 Å². The zero-order valence-corrected chi connectivity index (χ0v) is 13.6. The first-order valence-electron chi connectivity index (χ1n) is 6.30. The summed E-state index contributed by atoms with van der Waals surface area (Å²) in [7, 11) is -1.33. The summed E-state index contributed by atoms with van der Waals surface area (Å²) in [5, 5.41) is 0. The number of thiophene rings is 1. The van der Waals surface area contributed by atoms with E-state index >= 15 is 0 Å². The van der Waals surface area contributed by atoms with Gasteiger partial charge in [0.05, 0.1) is 0 Å². The second-order valence-corrected chi connectivity index (χ2v) is 8.55. The molecule has 108 valence electrons. The van der Waals surface area contributed by atoms with E-state index in [1.54, 1.807) is 10.4 Å². The summed E-state index contributed by atoms with van der Waals surface area (Å²) < 4.78 is 27.3. The first kappa shape index (κ1) is 15.3. The van der Waals surface area contributed by atoms with Gasteiger partial charge >= 0.3 is 0 Å². The summed E-state index contributed by atoms with van der Waals surface area (Å²) in [6, 6.07) is 3.58. The Balaban J connectivity index is 2.21. The second kappa shape index (κ2) is 6.10. The second-order valence-electron chi connectivity index (χ2n) is 4.89. The minimum absolute atomic E-state index is 0.0160. The fourth-order valence-electron chi connectivity index (χ4n) is 2.32. The monoisotopic (exact) mass is 322 g/mol. The van der Waals surface area contributed by atoms with Crippen molar-refractivity contribution in [2.24, 2.45) is 0 Å². The molecule has 0 N–H and O–H groups in total. The molecule has 0 amide bonds. The molecule has 0 aromatic carbocycles. The van der Waals surface area contributed by atoms with Crippen molar-refractivity contribution in [1.29, 1.82) is 0 Å². The quantitative estimate of drug-likeness (QED) is 0.794. The van der Waals surface area contributed by atoms with Gasteiger partial charge in [0.25, 0.3) is 10.0 Å². The minimum Gasteiger partial charge on any atom is -0.303 e. The van der Waals surface area contributed by atoms with Gasteiger partial charge in [-0.25, -0.2) is 8.42 Å². The molecule has 1 aromatic rings. The molecule has 2 rings (SSSR count). The Hall–Kier alpha value is -0.140. The highest BCUT2D eigenvalue weighted by Crippen LogP contribution is 2.27. The van der Waals surface area contributed by atoms with Crippen LogP contribution < -0.4 is 0 Å². The molecule has 0 spiro atoms. The molecular weight excluding hydrogens is 304 g/mol. The van der Waals surface area contributed by atoms with Crippen LogP contribution in [0.4, 0.5) is 0 Å². The van der Waals surface area contributed by atoms with Gasteiger partial charge in [0.2, 0.25) is 0 Å². The maximum absolute atomic E-state index is 12.6. The maximum Gasteiger partial charge on any atom is 0.252 e. The van der Waals surface area contributed by atoms with Crippen LogP contribution in [0.2, 0.25) is 0 Å². The zero-order chi connectivity index (χ0) is 14.0. The van der Waals surface area contributed by atoms with Crippen LogP contribution in [-0.2, 0) is 16.4 Å². The summed E-state index contributed by atoms with van der Waals surface area (Å²) in [5.74, 6) is 0.519. The molecule has 0 aliphatic carbocycles. The molecule has 7 heteroatoms. The van der Waals surface area contributed by atoms with E-state index in [9.17, 15) is 8.42 Å². The number of halogens is 1. The average Bonchev–Trinajstić information content (AvgIpc) is 2.78. The lowest BCUT2D eigenvalue weighted by Gasteiger charge is -2.36. The minimum atomic E-state index is -3.35. The van der Waals surface area contributed by atoms with Gasteiger partial charge in [0, 0.05) is 36.4 Å². The topological polar surface area (TPSA) is 40.6 Å². The highest BCUT2D eigenvalue weighted by molar-refractivity contribution is 7.91. The molecule has 0 bridgehead atoms. The molecule has 0 radical (unpaired) electrons. The molecule has 1 aliphatic rings. The average molecular weight is 323 g/mol. The third-order valence-electron chi connectivity index (χ3n) is 3.31. The Morgan fingerprint density at radius 1 is 1.42 bits per heavy atom. The van der Waals surface area contributed by atoms with Crippen molar-refractivity contribution in [3.63, 3.8) is 0 Å². The number of aryl methyl sites for hydroxylation is 1. The first-order valence-corrected chi connectivity index (χ1v) is 9.09. The Morgan fingerprint density at radius 2 is 2.16 bits per heavy atom. The van der Waals surface area contributed by atoms with Gasteiger partial charge < -0.3 is 4.90 Å². The summed E-state index contributed by atoms with van der Waals surface area (Å²) in [6.45, 7) is 4.08. The van der Waals surface area contributed by atoms with Crippen LogP contribution in [0.1, 0.15) is 11.8 Å². The van der Waals surface area contributed by atoms with Gasteiger partial charge in [-0.05, 0) is 32.5 Å². The van der Waals surface area contributed by atoms with Crippen molar-refractivity contribution in [1.82, 2.24) is 9.21 Å². The molecular formula is C12H19ClN2O2S2. The first-order chi connectivity index (χ1) is 8.95. The molecule has 4 nitrogen and oxygen atoms in total. The molecule has 1 aromatic heterocycles.